The number of nitrogens with zero attached hydrogens (tertiary/aromatic N) is 2. The number of ether oxygens (including phenoxy) is 1. The third-order valence-electron chi connectivity index (χ3n) is 2.77. The molecule has 0 saturated carbocycles. The van der Waals surface area contributed by atoms with E-state index in [0.29, 0.717) is 13.2 Å². The van der Waals surface area contributed by atoms with Gasteiger partial charge in [0.05, 0.1) is 18.1 Å². The number of non-ortho nitro benzene ring substituents is 1. The van der Waals surface area contributed by atoms with Gasteiger partial charge < -0.3 is 14.7 Å². The lowest BCUT2D eigenvalue weighted by molar-refractivity contribution is -0.384. The Bertz CT molecular complexity index is 459. The van der Waals surface area contributed by atoms with Gasteiger partial charge in [0, 0.05) is 24.4 Å². The molecule has 0 spiro atoms. The van der Waals surface area contributed by atoms with E-state index in [0.717, 1.165) is 5.69 Å². The van der Waals surface area contributed by atoms with Gasteiger partial charge in [0.1, 0.15) is 0 Å². The molecule has 0 aliphatic carbocycles. The number of aliphatic carboxylic acids is 1. The molecule has 0 amide bonds. The van der Waals surface area contributed by atoms with Crippen LogP contribution in [-0.2, 0) is 9.53 Å². The zero-order chi connectivity index (χ0) is 13.1. The molecule has 1 fully saturated rings. The zero-order valence-corrected chi connectivity index (χ0v) is 9.48. The highest BCUT2D eigenvalue weighted by Crippen LogP contribution is 2.21. The normalized spacial score (nSPS) is 19.6. The fraction of sp³-hybridized carbons (Fsp3) is 0.364. The van der Waals surface area contributed by atoms with Gasteiger partial charge in [-0.2, -0.15) is 0 Å². The minimum atomic E-state index is -0.999. The fourth-order valence-corrected chi connectivity index (χ4v) is 1.82. The van der Waals surface area contributed by atoms with Crippen molar-refractivity contribution in [3.8, 4) is 0 Å². The van der Waals surface area contributed by atoms with Gasteiger partial charge in [0.15, 0.2) is 6.10 Å². The first-order chi connectivity index (χ1) is 8.58. The molecule has 1 aliphatic rings. The highest BCUT2D eigenvalue weighted by Gasteiger charge is 2.26. The third kappa shape index (κ3) is 2.57. The molecule has 7 nitrogen and oxygen atoms in total. The van der Waals surface area contributed by atoms with E-state index >= 15 is 0 Å². The molecule has 1 atom stereocenters. The molecule has 1 aromatic rings. The number of carboxylic acids is 1. The quantitative estimate of drug-likeness (QED) is 0.634. The van der Waals surface area contributed by atoms with Crippen molar-refractivity contribution in [1.82, 2.24) is 0 Å². The predicted molar refractivity (Wildman–Crippen MR) is 62.7 cm³/mol. The van der Waals surface area contributed by atoms with Gasteiger partial charge in [0.25, 0.3) is 5.69 Å². The lowest BCUT2D eigenvalue weighted by Gasteiger charge is -2.32. The number of hydrogen-bond donors (Lipinski definition) is 1. The Morgan fingerprint density at radius 2 is 2.11 bits per heavy atom. The maximum absolute atomic E-state index is 10.8. The Morgan fingerprint density at radius 3 is 2.67 bits per heavy atom. The van der Waals surface area contributed by atoms with E-state index in [1.165, 1.54) is 12.1 Å². The second-order valence-electron chi connectivity index (χ2n) is 3.92. The Hall–Kier alpha value is -2.15. The molecule has 18 heavy (non-hydrogen) atoms. The molecular formula is C11H12N2O5. The first kappa shape index (κ1) is 12.3. The van der Waals surface area contributed by atoms with Crippen LogP contribution in [0.4, 0.5) is 11.4 Å². The van der Waals surface area contributed by atoms with Gasteiger partial charge in [-0.05, 0) is 12.1 Å². The summed E-state index contributed by atoms with van der Waals surface area (Å²) < 4.78 is 5.10. The molecule has 2 rings (SSSR count). The summed E-state index contributed by atoms with van der Waals surface area (Å²) in [4.78, 5) is 22.7. The van der Waals surface area contributed by atoms with Crippen LogP contribution < -0.4 is 4.90 Å². The molecule has 0 bridgehead atoms. The monoisotopic (exact) mass is 252 g/mol. The van der Waals surface area contributed by atoms with E-state index in [1.807, 2.05) is 4.90 Å². The Labute approximate surface area is 103 Å². The van der Waals surface area contributed by atoms with Crippen LogP contribution in [0.1, 0.15) is 0 Å². The van der Waals surface area contributed by atoms with E-state index in [-0.39, 0.29) is 12.2 Å². The summed E-state index contributed by atoms with van der Waals surface area (Å²) in [6, 6.07) is 6.03. The van der Waals surface area contributed by atoms with Crippen LogP contribution >= 0.6 is 0 Å². The standard InChI is InChI=1S/C11H12N2O5/c14-11(15)10-7-12(5-6-18-10)8-1-3-9(4-2-8)13(16)17/h1-4,10H,5-7H2,(H,14,15). The van der Waals surface area contributed by atoms with Gasteiger partial charge in [-0.25, -0.2) is 4.79 Å². The van der Waals surface area contributed by atoms with Gasteiger partial charge in [-0.15, -0.1) is 0 Å². The largest absolute Gasteiger partial charge is 0.479 e. The van der Waals surface area contributed by atoms with Gasteiger partial charge in [-0.1, -0.05) is 0 Å². The fourth-order valence-electron chi connectivity index (χ4n) is 1.82. The predicted octanol–water partition coefficient (Wildman–Crippen LogP) is 0.885. The molecule has 0 radical (unpaired) electrons. The number of anilines is 1. The van der Waals surface area contributed by atoms with E-state index in [9.17, 15) is 14.9 Å². The van der Waals surface area contributed by atoms with Gasteiger partial charge >= 0.3 is 5.97 Å². The highest BCUT2D eigenvalue weighted by atomic mass is 16.6. The van der Waals surface area contributed by atoms with Crippen LogP contribution in [0.3, 0.4) is 0 Å². The number of nitro benzene ring substituents is 1. The van der Waals surface area contributed by atoms with Crippen LogP contribution in [0.5, 0.6) is 0 Å². The smallest absolute Gasteiger partial charge is 0.334 e. The van der Waals surface area contributed by atoms with E-state index < -0.39 is 17.0 Å². The van der Waals surface area contributed by atoms with E-state index in [1.54, 1.807) is 12.1 Å². The molecule has 1 N–H and O–H groups in total. The van der Waals surface area contributed by atoms with Crippen molar-refractivity contribution in [2.75, 3.05) is 24.6 Å². The van der Waals surface area contributed by atoms with Crippen molar-refractivity contribution < 1.29 is 19.6 Å². The average molecular weight is 252 g/mol. The van der Waals surface area contributed by atoms with Crippen molar-refractivity contribution in [2.24, 2.45) is 0 Å². The summed E-state index contributed by atoms with van der Waals surface area (Å²) in [5.41, 5.74) is 0.775. The van der Waals surface area contributed by atoms with Crippen LogP contribution in [0.2, 0.25) is 0 Å². The lowest BCUT2D eigenvalue weighted by atomic mass is 10.2. The first-order valence-electron chi connectivity index (χ1n) is 5.42. The van der Waals surface area contributed by atoms with Crippen LogP contribution in [0.25, 0.3) is 0 Å². The van der Waals surface area contributed by atoms with Crippen molar-refractivity contribution >= 4 is 17.3 Å². The second-order valence-corrected chi connectivity index (χ2v) is 3.92. The summed E-state index contributed by atoms with van der Waals surface area (Å²) in [6.45, 7) is 1.14. The Morgan fingerprint density at radius 1 is 1.44 bits per heavy atom. The van der Waals surface area contributed by atoms with E-state index in [2.05, 4.69) is 0 Å². The molecule has 1 aromatic carbocycles. The summed E-state index contributed by atoms with van der Waals surface area (Å²) in [6.07, 6.45) is -0.853. The Balaban J connectivity index is 2.11. The SMILES string of the molecule is O=C(O)C1CN(c2ccc([N+](=O)[O-])cc2)CCO1. The Kier molecular flexibility index (Phi) is 3.42. The number of hydrogen-bond acceptors (Lipinski definition) is 5. The van der Waals surface area contributed by atoms with Crippen LogP contribution in [0, 0.1) is 10.1 Å². The number of nitro groups is 1. The number of carbonyl (C=O) groups is 1. The molecule has 1 heterocycles. The van der Waals surface area contributed by atoms with Crippen LogP contribution in [-0.4, -0.2) is 41.8 Å². The zero-order valence-electron chi connectivity index (χ0n) is 9.48. The van der Waals surface area contributed by atoms with Gasteiger partial charge in [-0.3, -0.25) is 10.1 Å². The number of rotatable bonds is 3. The topological polar surface area (TPSA) is 92.9 Å². The highest BCUT2D eigenvalue weighted by molar-refractivity contribution is 5.73. The number of benzene rings is 1. The summed E-state index contributed by atoms with van der Waals surface area (Å²) in [5, 5.41) is 19.4. The molecule has 1 unspecified atom stereocenters. The molecule has 0 aromatic heterocycles. The minimum absolute atomic E-state index is 0.0156. The van der Waals surface area contributed by atoms with Crippen molar-refractivity contribution in [3.05, 3.63) is 34.4 Å². The molecule has 96 valence electrons. The summed E-state index contributed by atoms with van der Waals surface area (Å²) >= 11 is 0. The maximum Gasteiger partial charge on any atom is 0.334 e. The average Bonchev–Trinajstić information content (AvgIpc) is 2.39. The third-order valence-corrected chi connectivity index (χ3v) is 2.77. The summed E-state index contributed by atoms with van der Waals surface area (Å²) in [5.74, 6) is -0.999. The first-order valence-corrected chi connectivity index (χ1v) is 5.42. The minimum Gasteiger partial charge on any atom is -0.479 e. The number of carboxylic acid groups (broad SMARTS) is 1. The van der Waals surface area contributed by atoms with Crippen molar-refractivity contribution in [2.45, 2.75) is 6.10 Å². The molecule has 1 saturated heterocycles. The summed E-state index contributed by atoms with van der Waals surface area (Å²) in [7, 11) is 0. The maximum atomic E-state index is 10.8. The van der Waals surface area contributed by atoms with Crippen LogP contribution in [0.15, 0.2) is 24.3 Å². The molecule has 7 heteroatoms. The molecule has 1 aliphatic heterocycles. The molecular weight excluding hydrogens is 240 g/mol. The number of morpholine rings is 1. The van der Waals surface area contributed by atoms with Gasteiger partial charge in [0.2, 0.25) is 0 Å². The lowest BCUT2D eigenvalue weighted by Crippen LogP contribution is -2.46. The second kappa shape index (κ2) is 5.01. The van der Waals surface area contributed by atoms with Crippen molar-refractivity contribution in [3.63, 3.8) is 0 Å². The van der Waals surface area contributed by atoms with Crippen molar-refractivity contribution in [1.29, 1.82) is 0 Å². The van der Waals surface area contributed by atoms with E-state index in [4.69, 9.17) is 9.84 Å².